The van der Waals surface area contributed by atoms with Crippen molar-refractivity contribution in [1.29, 1.82) is 0 Å². The highest BCUT2D eigenvalue weighted by Gasteiger charge is 2.60. The number of rotatable bonds is 4. The van der Waals surface area contributed by atoms with E-state index in [9.17, 15) is 13.2 Å². The summed E-state index contributed by atoms with van der Waals surface area (Å²) in [6, 6.07) is 11.0. The Morgan fingerprint density at radius 3 is 2.54 bits per heavy atom. The van der Waals surface area contributed by atoms with Crippen LogP contribution in [-0.2, 0) is 15.7 Å². The maximum Gasteiger partial charge on any atom is 0.278 e. The number of carbonyl (C=O) groups excluding carboxylic acids is 1. The van der Waals surface area contributed by atoms with Gasteiger partial charge in [-0.2, -0.15) is 12.7 Å². The van der Waals surface area contributed by atoms with Crippen molar-refractivity contribution in [2.45, 2.75) is 18.1 Å². The number of Topliss-reactive ketones (excluding diaryl/α,β-unsaturated/α-hetero) is 1. The summed E-state index contributed by atoms with van der Waals surface area (Å²) in [5.41, 5.74) is -1.64. The molecule has 0 radical (unpaired) electrons. The summed E-state index contributed by atoms with van der Waals surface area (Å²) < 4.78 is 39.9. The first-order valence-electron chi connectivity index (χ1n) is 7.33. The summed E-state index contributed by atoms with van der Waals surface area (Å²) in [6.07, 6.45) is 0.938. The normalized spacial score (nSPS) is 24.8. The number of ketones is 1. The number of aromatic nitrogens is 1. The average molecular weight is 349 g/mol. The molecule has 0 amide bonds. The van der Waals surface area contributed by atoms with E-state index in [1.807, 2.05) is 0 Å². The third kappa shape index (κ3) is 2.52. The van der Waals surface area contributed by atoms with E-state index in [4.69, 9.17) is 5.14 Å². The topological polar surface area (TPSA) is 93.4 Å². The highest BCUT2D eigenvalue weighted by molar-refractivity contribution is 7.86. The number of carbonyl (C=O) groups is 1. The minimum absolute atomic E-state index is 0.114. The van der Waals surface area contributed by atoms with Crippen LogP contribution in [-0.4, -0.2) is 36.2 Å². The largest absolute Gasteiger partial charge is 0.291 e. The molecule has 2 atom stereocenters. The number of hydrogen-bond donors (Lipinski definition) is 1. The van der Waals surface area contributed by atoms with Crippen LogP contribution in [0.4, 0.5) is 4.39 Å². The Morgan fingerprint density at radius 2 is 1.96 bits per heavy atom. The number of nitrogens with two attached hydrogens (primary N) is 1. The highest BCUT2D eigenvalue weighted by atomic mass is 32.2. The van der Waals surface area contributed by atoms with E-state index < -0.39 is 27.7 Å². The first-order valence-corrected chi connectivity index (χ1v) is 8.84. The van der Waals surface area contributed by atoms with E-state index in [-0.39, 0.29) is 24.1 Å². The van der Waals surface area contributed by atoms with Crippen LogP contribution < -0.4 is 5.14 Å². The molecule has 0 bridgehead atoms. The molecule has 0 saturated carbocycles. The van der Waals surface area contributed by atoms with Gasteiger partial charge >= 0.3 is 0 Å². The second-order valence-electron chi connectivity index (χ2n) is 5.58. The summed E-state index contributed by atoms with van der Waals surface area (Å²) in [6.45, 7) is -0.166. The van der Waals surface area contributed by atoms with Gasteiger partial charge in [0.2, 0.25) is 0 Å². The van der Waals surface area contributed by atoms with Crippen LogP contribution in [0.15, 0.2) is 54.9 Å². The molecule has 1 aromatic heterocycles. The van der Waals surface area contributed by atoms with Gasteiger partial charge in [-0.1, -0.05) is 30.3 Å². The lowest BCUT2D eigenvalue weighted by Crippen LogP contribution is -2.56. The Labute approximate surface area is 139 Å². The molecule has 1 aliphatic heterocycles. The third-order valence-corrected chi connectivity index (χ3v) is 5.31. The quantitative estimate of drug-likeness (QED) is 0.845. The molecule has 1 aliphatic rings. The second-order valence-corrected chi connectivity index (χ2v) is 7.05. The van der Waals surface area contributed by atoms with E-state index in [0.29, 0.717) is 0 Å². The monoisotopic (exact) mass is 349 g/mol. The van der Waals surface area contributed by atoms with Gasteiger partial charge in [0.25, 0.3) is 10.2 Å². The molecule has 2 unspecified atom stereocenters. The van der Waals surface area contributed by atoms with E-state index in [1.54, 1.807) is 18.2 Å². The van der Waals surface area contributed by atoms with Gasteiger partial charge in [0.15, 0.2) is 11.3 Å². The Kier molecular flexibility index (Phi) is 4.20. The number of halogens is 1. The maximum atomic E-state index is 15.0. The fourth-order valence-corrected chi connectivity index (χ4v) is 4.28. The van der Waals surface area contributed by atoms with Gasteiger partial charge in [-0.25, -0.2) is 9.53 Å². The predicted octanol–water partition coefficient (Wildman–Crippen LogP) is 1.41. The minimum Gasteiger partial charge on any atom is -0.291 e. The number of pyridine rings is 1. The highest BCUT2D eigenvalue weighted by Crippen LogP contribution is 2.44. The van der Waals surface area contributed by atoms with Crippen LogP contribution in [0.3, 0.4) is 0 Å². The molecule has 8 heteroatoms. The van der Waals surface area contributed by atoms with Gasteiger partial charge in [-0.15, -0.1) is 0 Å². The van der Waals surface area contributed by atoms with Crippen LogP contribution in [0, 0.1) is 0 Å². The first kappa shape index (κ1) is 16.7. The van der Waals surface area contributed by atoms with Crippen molar-refractivity contribution in [3.63, 3.8) is 0 Å². The lowest BCUT2D eigenvalue weighted by atomic mass is 9.80. The zero-order valence-corrected chi connectivity index (χ0v) is 13.5. The number of hydrogen-bond acceptors (Lipinski definition) is 4. The number of alkyl halides is 1. The van der Waals surface area contributed by atoms with E-state index in [1.165, 1.54) is 36.7 Å². The van der Waals surface area contributed by atoms with Crippen molar-refractivity contribution in [2.24, 2.45) is 5.14 Å². The second kappa shape index (κ2) is 6.04. The maximum absolute atomic E-state index is 15.0. The molecule has 3 rings (SSSR count). The Balaban J connectivity index is 2.28. The van der Waals surface area contributed by atoms with Crippen LogP contribution in [0.5, 0.6) is 0 Å². The predicted molar refractivity (Wildman–Crippen MR) is 86.0 cm³/mol. The van der Waals surface area contributed by atoms with Crippen molar-refractivity contribution < 1.29 is 17.6 Å². The molecular weight excluding hydrogens is 333 g/mol. The lowest BCUT2D eigenvalue weighted by Gasteiger charge is -2.37. The van der Waals surface area contributed by atoms with Crippen LogP contribution in [0.25, 0.3) is 0 Å². The molecule has 1 fully saturated rings. The molecule has 1 aromatic carbocycles. The van der Waals surface area contributed by atoms with Crippen LogP contribution in [0.2, 0.25) is 0 Å². The summed E-state index contributed by atoms with van der Waals surface area (Å²) in [5, 5.41) is 5.30. The van der Waals surface area contributed by atoms with Crippen molar-refractivity contribution in [1.82, 2.24) is 9.29 Å². The molecule has 2 aromatic rings. The molecule has 2 N–H and O–H groups in total. The molecule has 0 aliphatic carbocycles. The van der Waals surface area contributed by atoms with Crippen LogP contribution >= 0.6 is 0 Å². The van der Waals surface area contributed by atoms with Gasteiger partial charge in [-0.3, -0.25) is 9.78 Å². The Bertz CT molecular complexity index is 845. The smallest absolute Gasteiger partial charge is 0.278 e. The summed E-state index contributed by atoms with van der Waals surface area (Å²) in [5.74, 6) is -0.680. The Morgan fingerprint density at radius 1 is 1.25 bits per heavy atom. The third-order valence-electron chi connectivity index (χ3n) is 4.22. The Hall–Kier alpha value is -2.16. The van der Waals surface area contributed by atoms with Gasteiger partial charge in [0.1, 0.15) is 6.17 Å². The molecule has 1 saturated heterocycles. The molecule has 0 spiro atoms. The summed E-state index contributed by atoms with van der Waals surface area (Å²) in [4.78, 5) is 17.1. The fraction of sp³-hybridized carbons (Fsp3) is 0.250. The van der Waals surface area contributed by atoms with Crippen LogP contribution in [0.1, 0.15) is 22.3 Å². The number of nitrogens with zero attached hydrogens (tertiary/aromatic N) is 2. The van der Waals surface area contributed by atoms with Crippen molar-refractivity contribution >= 4 is 16.0 Å². The summed E-state index contributed by atoms with van der Waals surface area (Å²) in [7, 11) is -4.29. The molecule has 6 nitrogen and oxygen atoms in total. The number of benzene rings is 1. The molecule has 126 valence electrons. The minimum atomic E-state index is -4.29. The van der Waals surface area contributed by atoms with E-state index in [0.717, 1.165) is 4.31 Å². The van der Waals surface area contributed by atoms with Gasteiger partial charge < -0.3 is 0 Å². The average Bonchev–Trinajstić information content (AvgIpc) is 2.94. The first-order chi connectivity index (χ1) is 11.4. The molecular formula is C16H16FN3O3S. The fourth-order valence-electron chi connectivity index (χ4n) is 3.22. The zero-order chi connectivity index (χ0) is 17.4. The van der Waals surface area contributed by atoms with Gasteiger partial charge in [0, 0.05) is 24.5 Å². The van der Waals surface area contributed by atoms with Crippen molar-refractivity contribution in [3.05, 3.63) is 66.0 Å². The lowest BCUT2D eigenvalue weighted by molar-refractivity contribution is 0.0660. The zero-order valence-electron chi connectivity index (χ0n) is 12.7. The summed E-state index contributed by atoms with van der Waals surface area (Å²) >= 11 is 0. The molecule has 24 heavy (non-hydrogen) atoms. The van der Waals surface area contributed by atoms with Crippen molar-refractivity contribution in [3.8, 4) is 0 Å². The van der Waals surface area contributed by atoms with E-state index >= 15 is 4.39 Å². The van der Waals surface area contributed by atoms with E-state index in [2.05, 4.69) is 4.98 Å². The van der Waals surface area contributed by atoms with Gasteiger partial charge in [0.05, 0.1) is 0 Å². The SMILES string of the molecule is NS(=O)(=O)N1CCC(F)C1(C(=O)c1cccnc1)c1ccccc1. The molecule has 2 heterocycles. The standard InChI is InChI=1S/C16H16FN3O3S/c17-14-8-10-20(24(18,22)23)16(14,13-6-2-1-3-7-13)15(21)12-5-4-9-19-11-12/h1-7,9,11,14H,8,10H2,(H2,18,22,23). The van der Waals surface area contributed by atoms with Crippen molar-refractivity contribution in [2.75, 3.05) is 6.54 Å². The van der Waals surface area contributed by atoms with Gasteiger partial charge in [-0.05, 0) is 24.1 Å².